The fourth-order valence-corrected chi connectivity index (χ4v) is 2.29. The number of hydrogen-bond donors (Lipinski definition) is 1. The van der Waals surface area contributed by atoms with Crippen LogP contribution in [0.2, 0.25) is 0 Å². The molecule has 2 aromatic rings. The summed E-state index contributed by atoms with van der Waals surface area (Å²) in [6.07, 6.45) is 0. The summed E-state index contributed by atoms with van der Waals surface area (Å²) in [4.78, 5) is 17.8. The quantitative estimate of drug-likeness (QED) is 0.677. The van der Waals surface area contributed by atoms with Crippen molar-refractivity contribution >= 4 is 28.6 Å². The Morgan fingerprint density at radius 3 is 2.80 bits per heavy atom. The van der Waals surface area contributed by atoms with E-state index in [9.17, 15) is 4.79 Å². The summed E-state index contributed by atoms with van der Waals surface area (Å²) >= 11 is 1.58. The largest absolute Gasteiger partial charge is 0.385 e. The number of amides is 1. The number of carbonyl (C=O) groups is 1. The van der Waals surface area contributed by atoms with E-state index in [4.69, 9.17) is 4.84 Å². The van der Waals surface area contributed by atoms with Gasteiger partial charge in [0.05, 0.1) is 10.6 Å². The molecule has 0 aliphatic rings. The number of benzene rings is 1. The third kappa shape index (κ3) is 3.93. The van der Waals surface area contributed by atoms with Gasteiger partial charge in [-0.2, -0.15) is 0 Å². The zero-order valence-electron chi connectivity index (χ0n) is 11.4. The van der Waals surface area contributed by atoms with Gasteiger partial charge in [0.2, 0.25) is 0 Å². The van der Waals surface area contributed by atoms with Crippen LogP contribution in [0.3, 0.4) is 0 Å². The zero-order chi connectivity index (χ0) is 14.4. The molecule has 4 nitrogen and oxygen atoms in total. The maximum atomic E-state index is 11.7. The highest BCUT2D eigenvalue weighted by atomic mass is 32.1. The van der Waals surface area contributed by atoms with Crippen LogP contribution in [0.1, 0.15) is 17.4 Å². The van der Waals surface area contributed by atoms with Gasteiger partial charge in [-0.3, -0.25) is 4.79 Å². The Kier molecular flexibility index (Phi) is 4.90. The summed E-state index contributed by atoms with van der Waals surface area (Å²) < 4.78 is 0. The molecule has 0 saturated carbocycles. The molecule has 104 valence electrons. The summed E-state index contributed by atoms with van der Waals surface area (Å²) in [5, 5.41) is 8.70. The van der Waals surface area contributed by atoms with Crippen LogP contribution in [-0.2, 0) is 9.63 Å². The number of nitrogens with zero attached hydrogens (tertiary/aromatic N) is 1. The van der Waals surface area contributed by atoms with Crippen molar-refractivity contribution in [2.24, 2.45) is 5.16 Å². The minimum atomic E-state index is -0.220. The second kappa shape index (κ2) is 6.86. The van der Waals surface area contributed by atoms with Gasteiger partial charge < -0.3 is 10.2 Å². The normalized spacial score (nSPS) is 11.2. The number of oxime groups is 1. The van der Waals surface area contributed by atoms with Crippen LogP contribution in [0.25, 0.3) is 0 Å². The van der Waals surface area contributed by atoms with Crippen LogP contribution in [0.15, 0.2) is 46.9 Å². The Morgan fingerprint density at radius 1 is 1.30 bits per heavy atom. The molecule has 1 aromatic carbocycles. The Morgan fingerprint density at radius 2 is 2.10 bits per heavy atom. The number of para-hydroxylation sites is 1. The van der Waals surface area contributed by atoms with Crippen molar-refractivity contribution < 1.29 is 9.63 Å². The lowest BCUT2D eigenvalue weighted by atomic mass is 10.2. The number of nitrogens with one attached hydrogen (secondary N) is 1. The van der Waals surface area contributed by atoms with Crippen molar-refractivity contribution in [3.63, 3.8) is 0 Å². The molecule has 0 radical (unpaired) electrons. The first-order chi connectivity index (χ1) is 9.66. The van der Waals surface area contributed by atoms with Gasteiger partial charge in [-0.05, 0) is 36.9 Å². The maximum Gasteiger partial charge on any atom is 0.265 e. The van der Waals surface area contributed by atoms with Crippen LogP contribution >= 0.6 is 11.3 Å². The van der Waals surface area contributed by atoms with Gasteiger partial charge >= 0.3 is 0 Å². The predicted molar refractivity (Wildman–Crippen MR) is 82.3 cm³/mol. The highest BCUT2D eigenvalue weighted by molar-refractivity contribution is 7.12. The molecule has 2 rings (SSSR count). The highest BCUT2D eigenvalue weighted by Gasteiger charge is 2.05. The molecule has 5 heteroatoms. The van der Waals surface area contributed by atoms with Crippen molar-refractivity contribution in [1.82, 2.24) is 0 Å². The summed E-state index contributed by atoms with van der Waals surface area (Å²) in [5.41, 5.74) is 2.57. The Hall–Kier alpha value is -2.14. The summed E-state index contributed by atoms with van der Waals surface area (Å²) in [5.74, 6) is -0.220. The molecule has 1 amide bonds. The zero-order valence-corrected chi connectivity index (χ0v) is 12.2. The Bertz CT molecular complexity index is 606. The van der Waals surface area contributed by atoms with Crippen LogP contribution in [0.4, 0.5) is 5.69 Å². The van der Waals surface area contributed by atoms with E-state index < -0.39 is 0 Å². The van der Waals surface area contributed by atoms with Gasteiger partial charge in [0.15, 0.2) is 6.61 Å². The van der Waals surface area contributed by atoms with Gasteiger partial charge in [0.1, 0.15) is 0 Å². The van der Waals surface area contributed by atoms with Crippen molar-refractivity contribution in [2.75, 3.05) is 11.9 Å². The fourth-order valence-electron chi connectivity index (χ4n) is 1.62. The molecule has 0 atom stereocenters. The van der Waals surface area contributed by atoms with Crippen LogP contribution in [0, 0.1) is 6.92 Å². The lowest BCUT2D eigenvalue weighted by Gasteiger charge is -2.07. The van der Waals surface area contributed by atoms with Crippen LogP contribution in [0.5, 0.6) is 0 Å². The first kappa shape index (κ1) is 14.3. The van der Waals surface area contributed by atoms with E-state index in [1.807, 2.05) is 55.6 Å². The lowest BCUT2D eigenvalue weighted by Crippen LogP contribution is -2.17. The van der Waals surface area contributed by atoms with E-state index >= 15 is 0 Å². The van der Waals surface area contributed by atoms with Gasteiger partial charge in [0.25, 0.3) is 5.91 Å². The topological polar surface area (TPSA) is 50.7 Å². The monoisotopic (exact) mass is 288 g/mol. The van der Waals surface area contributed by atoms with E-state index in [-0.39, 0.29) is 12.5 Å². The molecule has 0 spiro atoms. The van der Waals surface area contributed by atoms with Crippen molar-refractivity contribution in [3.8, 4) is 0 Å². The number of rotatable bonds is 5. The summed E-state index contributed by atoms with van der Waals surface area (Å²) in [6.45, 7) is 3.69. The molecular formula is C15H16N2O2S. The van der Waals surface area contributed by atoms with Crippen LogP contribution < -0.4 is 5.32 Å². The highest BCUT2D eigenvalue weighted by Crippen LogP contribution is 2.13. The van der Waals surface area contributed by atoms with Crippen molar-refractivity contribution in [1.29, 1.82) is 0 Å². The van der Waals surface area contributed by atoms with Gasteiger partial charge in [-0.15, -0.1) is 11.3 Å². The van der Waals surface area contributed by atoms with Gasteiger partial charge in [-0.1, -0.05) is 29.4 Å². The maximum absolute atomic E-state index is 11.7. The second-order valence-electron chi connectivity index (χ2n) is 4.29. The number of carbonyl (C=O) groups excluding carboxylic acids is 1. The molecule has 20 heavy (non-hydrogen) atoms. The molecule has 0 unspecified atom stereocenters. The average molecular weight is 288 g/mol. The number of aryl methyl sites for hydroxylation is 1. The SMILES string of the molecule is CC(=NOCC(=O)Nc1ccccc1C)c1cccs1. The summed E-state index contributed by atoms with van der Waals surface area (Å²) in [6, 6.07) is 11.5. The molecule has 0 saturated heterocycles. The molecule has 0 aliphatic carbocycles. The minimum absolute atomic E-state index is 0.100. The minimum Gasteiger partial charge on any atom is -0.385 e. The van der Waals surface area contributed by atoms with E-state index in [2.05, 4.69) is 10.5 Å². The lowest BCUT2D eigenvalue weighted by molar-refractivity contribution is -0.120. The first-order valence-electron chi connectivity index (χ1n) is 6.23. The van der Waals surface area contributed by atoms with Gasteiger partial charge in [-0.25, -0.2) is 0 Å². The fraction of sp³-hybridized carbons (Fsp3) is 0.200. The Balaban J connectivity index is 1.84. The smallest absolute Gasteiger partial charge is 0.265 e. The first-order valence-corrected chi connectivity index (χ1v) is 7.10. The standard InChI is InChI=1S/C15H16N2O2S/c1-11-6-3-4-7-13(11)16-15(18)10-19-17-12(2)14-8-5-9-20-14/h3-9H,10H2,1-2H3,(H,16,18). The molecular weight excluding hydrogens is 272 g/mol. The van der Waals surface area contributed by atoms with E-state index in [0.29, 0.717) is 0 Å². The van der Waals surface area contributed by atoms with E-state index in [1.165, 1.54) is 0 Å². The molecule has 0 fully saturated rings. The second-order valence-corrected chi connectivity index (χ2v) is 5.24. The van der Waals surface area contributed by atoms with Crippen LogP contribution in [-0.4, -0.2) is 18.2 Å². The Labute approximate surface area is 122 Å². The van der Waals surface area contributed by atoms with E-state index in [0.717, 1.165) is 21.8 Å². The molecule has 0 aliphatic heterocycles. The average Bonchev–Trinajstić information content (AvgIpc) is 2.95. The predicted octanol–water partition coefficient (Wildman–Crippen LogP) is 3.44. The molecule has 1 heterocycles. The number of anilines is 1. The molecule has 0 bridgehead atoms. The van der Waals surface area contributed by atoms with E-state index in [1.54, 1.807) is 11.3 Å². The third-order valence-electron chi connectivity index (χ3n) is 2.69. The van der Waals surface area contributed by atoms with Crippen molar-refractivity contribution in [2.45, 2.75) is 13.8 Å². The number of hydrogen-bond acceptors (Lipinski definition) is 4. The molecule has 1 aromatic heterocycles. The number of thiophene rings is 1. The third-order valence-corrected chi connectivity index (χ3v) is 3.67. The molecule has 1 N–H and O–H groups in total. The van der Waals surface area contributed by atoms with Crippen molar-refractivity contribution in [3.05, 3.63) is 52.2 Å². The van der Waals surface area contributed by atoms with Gasteiger partial charge in [0, 0.05) is 5.69 Å². The summed E-state index contributed by atoms with van der Waals surface area (Å²) in [7, 11) is 0.